The minimum absolute atomic E-state index is 0.0304. The summed E-state index contributed by atoms with van der Waals surface area (Å²) in [5, 5.41) is 33.8. The van der Waals surface area contributed by atoms with Crippen LogP contribution in [0.5, 0.6) is 5.75 Å². The smallest absolute Gasteiger partial charge is 0.331 e. The van der Waals surface area contributed by atoms with Gasteiger partial charge in [0.25, 0.3) is 0 Å². The second kappa shape index (κ2) is 12.8. The van der Waals surface area contributed by atoms with E-state index in [1.54, 1.807) is 19.1 Å². The zero-order chi connectivity index (χ0) is 29.9. The molecule has 7 atom stereocenters. The molecule has 1 aliphatic rings. The maximum Gasteiger partial charge on any atom is 0.331 e. The third kappa shape index (κ3) is 7.79. The first kappa shape index (κ1) is 32.7. The molecule has 39 heavy (non-hydrogen) atoms. The van der Waals surface area contributed by atoms with Gasteiger partial charge < -0.3 is 40.4 Å². The molecule has 0 saturated carbocycles. The van der Waals surface area contributed by atoms with Crippen molar-refractivity contribution in [3.8, 4) is 5.75 Å². The second-order valence-corrected chi connectivity index (χ2v) is 16.7. The molecule has 0 bridgehead atoms. The number of carbonyl (C=O) groups excluding carboxylic acids is 3. The number of aliphatic hydroxyl groups is 3. The van der Waals surface area contributed by atoms with Crippen molar-refractivity contribution in [3.05, 3.63) is 29.8 Å². The summed E-state index contributed by atoms with van der Waals surface area (Å²) in [5.74, 6) is -2.11. The highest BCUT2D eigenvalue weighted by Crippen LogP contribution is 2.37. The average molecular weight is 568 g/mol. The number of nitrogens with two attached hydrogens (primary N) is 1. The van der Waals surface area contributed by atoms with Crippen molar-refractivity contribution in [2.45, 2.75) is 95.6 Å². The van der Waals surface area contributed by atoms with Crippen LogP contribution in [0.4, 0.5) is 0 Å². The summed E-state index contributed by atoms with van der Waals surface area (Å²) in [6, 6.07) is 3.11. The Kier molecular flexibility index (Phi) is 10.7. The van der Waals surface area contributed by atoms with E-state index in [1.165, 1.54) is 6.92 Å². The molecule has 0 aliphatic carbocycles. The molecule has 1 saturated heterocycles. The molecule has 1 aromatic rings. The molecular weight excluding hydrogens is 522 g/mol. The molecule has 2 amide bonds. The Morgan fingerprint density at radius 2 is 1.74 bits per heavy atom. The highest BCUT2D eigenvalue weighted by atomic mass is 28.4. The maximum absolute atomic E-state index is 13.2. The molecule has 1 fully saturated rings. The summed E-state index contributed by atoms with van der Waals surface area (Å²) in [7, 11) is -0.863. The molecule has 2 rings (SSSR count). The van der Waals surface area contributed by atoms with Crippen molar-refractivity contribution < 1.29 is 38.9 Å². The Balaban J connectivity index is 2.07. The zero-order valence-electron chi connectivity index (χ0n) is 24.2. The molecule has 1 heterocycles. The van der Waals surface area contributed by atoms with Gasteiger partial charge >= 0.3 is 5.97 Å². The van der Waals surface area contributed by atoms with Crippen molar-refractivity contribution >= 4 is 26.1 Å². The average Bonchev–Trinajstić information content (AvgIpc) is 3.15. The van der Waals surface area contributed by atoms with Gasteiger partial charge in [0.1, 0.15) is 17.8 Å². The molecule has 1 aliphatic heterocycles. The number of nitrogens with zero attached hydrogens (tertiary/aromatic N) is 1. The number of hydrogen-bond acceptors (Lipinski definition) is 9. The fourth-order valence-corrected chi connectivity index (χ4v) is 5.17. The minimum atomic E-state index is -2.01. The van der Waals surface area contributed by atoms with Crippen molar-refractivity contribution in [3.63, 3.8) is 0 Å². The van der Waals surface area contributed by atoms with Crippen LogP contribution in [0.1, 0.15) is 40.2 Å². The van der Waals surface area contributed by atoms with E-state index in [0.29, 0.717) is 0 Å². The normalized spacial score (nSPS) is 23.0. The van der Waals surface area contributed by atoms with Crippen LogP contribution >= 0.6 is 0 Å². The number of likely N-dealkylation sites (tertiary alicyclic amines) is 1. The Bertz CT molecular complexity index is 1010. The van der Waals surface area contributed by atoms with Crippen LogP contribution in [0.25, 0.3) is 0 Å². The van der Waals surface area contributed by atoms with Crippen LogP contribution in [-0.4, -0.2) is 96.4 Å². The van der Waals surface area contributed by atoms with E-state index in [1.807, 2.05) is 12.1 Å². The molecule has 220 valence electrons. The quantitative estimate of drug-likeness (QED) is 0.200. The van der Waals surface area contributed by atoms with E-state index in [-0.39, 0.29) is 18.0 Å². The molecule has 2 unspecified atom stereocenters. The summed E-state index contributed by atoms with van der Waals surface area (Å²) in [5.41, 5.74) is 6.74. The van der Waals surface area contributed by atoms with Gasteiger partial charge in [0.05, 0.1) is 25.4 Å². The first-order valence-electron chi connectivity index (χ1n) is 13.2. The summed E-state index contributed by atoms with van der Waals surface area (Å²) in [6.07, 6.45) is -3.71. The first-order valence-corrected chi connectivity index (χ1v) is 16.1. The molecule has 12 heteroatoms. The van der Waals surface area contributed by atoms with Crippen LogP contribution in [-0.2, 0) is 25.5 Å². The monoisotopic (exact) mass is 567 g/mol. The topological polar surface area (TPSA) is 172 Å². The van der Waals surface area contributed by atoms with Crippen molar-refractivity contribution in [2.75, 3.05) is 13.7 Å². The van der Waals surface area contributed by atoms with Gasteiger partial charge in [-0.05, 0) is 42.8 Å². The van der Waals surface area contributed by atoms with Gasteiger partial charge in [0, 0.05) is 18.9 Å². The highest BCUT2D eigenvalue weighted by Gasteiger charge is 2.48. The lowest BCUT2D eigenvalue weighted by Crippen LogP contribution is -2.60. The van der Waals surface area contributed by atoms with Gasteiger partial charge in [-0.3, -0.25) is 9.59 Å². The summed E-state index contributed by atoms with van der Waals surface area (Å²) >= 11 is 0. The molecular formula is C27H45N3O8Si. The Morgan fingerprint density at radius 3 is 2.23 bits per heavy atom. The Labute approximate surface area is 231 Å². The lowest BCUT2D eigenvalue weighted by Gasteiger charge is -2.36. The van der Waals surface area contributed by atoms with Crippen molar-refractivity contribution in [1.29, 1.82) is 0 Å². The van der Waals surface area contributed by atoms with Gasteiger partial charge in [0.2, 0.25) is 20.1 Å². The van der Waals surface area contributed by atoms with Crippen LogP contribution in [0.2, 0.25) is 18.1 Å². The third-order valence-electron chi connectivity index (χ3n) is 7.76. The number of amides is 2. The Hall–Kier alpha value is -2.51. The van der Waals surface area contributed by atoms with E-state index in [0.717, 1.165) is 23.3 Å². The summed E-state index contributed by atoms with van der Waals surface area (Å²) < 4.78 is 11.0. The molecule has 1 aromatic carbocycles. The molecule has 0 spiro atoms. The van der Waals surface area contributed by atoms with Crippen LogP contribution < -0.4 is 15.5 Å². The van der Waals surface area contributed by atoms with Crippen molar-refractivity contribution in [2.24, 2.45) is 11.7 Å². The number of benzene rings is 1. The van der Waals surface area contributed by atoms with Crippen LogP contribution in [0.3, 0.4) is 0 Å². The van der Waals surface area contributed by atoms with E-state index >= 15 is 0 Å². The largest absolute Gasteiger partial charge is 0.544 e. The standard InChI is InChI=1S/C27H45N3O8Si/c1-15-14-30(22(23(15)33)26(36)37-6)25(35)21(16(2)31)29-24(34)20(28)19(32)13-17-9-11-18(12-10-17)38-39(7,8)27(3,4)5/h9-12,15-16,19-23,31-33H,13-14,28H2,1-8H3,(H,29,34)/t15-,16?,19+,20-,21?,22-,23-/m0/s1. The Morgan fingerprint density at radius 1 is 1.18 bits per heavy atom. The van der Waals surface area contributed by atoms with Gasteiger partial charge in [0.15, 0.2) is 6.04 Å². The number of hydrogen-bond donors (Lipinski definition) is 5. The predicted molar refractivity (Wildman–Crippen MR) is 148 cm³/mol. The van der Waals surface area contributed by atoms with Gasteiger partial charge in [-0.25, -0.2) is 4.79 Å². The summed E-state index contributed by atoms with van der Waals surface area (Å²) in [6.45, 7) is 13.8. The fraction of sp³-hybridized carbons (Fsp3) is 0.667. The number of rotatable bonds is 10. The second-order valence-electron chi connectivity index (χ2n) is 12.0. The minimum Gasteiger partial charge on any atom is -0.544 e. The molecule has 0 radical (unpaired) electrons. The lowest BCUT2D eigenvalue weighted by molar-refractivity contribution is -0.155. The van der Waals surface area contributed by atoms with Gasteiger partial charge in [-0.15, -0.1) is 0 Å². The zero-order valence-corrected chi connectivity index (χ0v) is 25.2. The third-order valence-corrected chi connectivity index (χ3v) is 12.1. The fourth-order valence-electron chi connectivity index (χ4n) is 4.14. The first-order chi connectivity index (χ1) is 17.9. The predicted octanol–water partition coefficient (Wildman–Crippen LogP) is 0.548. The van der Waals surface area contributed by atoms with E-state index in [9.17, 15) is 29.7 Å². The number of nitrogens with one attached hydrogen (secondary N) is 1. The van der Waals surface area contributed by atoms with E-state index in [4.69, 9.17) is 14.9 Å². The number of esters is 1. The number of aliphatic hydroxyl groups excluding tert-OH is 3. The summed E-state index contributed by atoms with van der Waals surface area (Å²) in [4.78, 5) is 39.4. The SMILES string of the molecule is COC(=O)[C@@H]1[C@@H](O)[C@@H](C)CN1C(=O)C(NC(=O)[C@@H](N)[C@H](O)Cc1ccc(O[Si](C)(C)C(C)(C)C)cc1)C(C)O. The number of carbonyl (C=O) groups is 3. The lowest BCUT2D eigenvalue weighted by atomic mass is 10.0. The number of ether oxygens (including phenoxy) is 1. The van der Waals surface area contributed by atoms with Crippen LogP contribution in [0.15, 0.2) is 24.3 Å². The molecule has 0 aromatic heterocycles. The maximum atomic E-state index is 13.2. The molecule has 11 nitrogen and oxygen atoms in total. The highest BCUT2D eigenvalue weighted by molar-refractivity contribution is 6.74. The van der Waals surface area contributed by atoms with Gasteiger partial charge in [-0.2, -0.15) is 0 Å². The van der Waals surface area contributed by atoms with Gasteiger partial charge in [-0.1, -0.05) is 39.8 Å². The number of methoxy groups -OCH3 is 1. The molecule has 6 N–H and O–H groups in total. The van der Waals surface area contributed by atoms with Crippen molar-refractivity contribution in [1.82, 2.24) is 10.2 Å². The van der Waals surface area contributed by atoms with Crippen LogP contribution in [0, 0.1) is 5.92 Å². The van der Waals surface area contributed by atoms with E-state index < -0.39 is 68.5 Å². The van der Waals surface area contributed by atoms with E-state index in [2.05, 4.69) is 39.2 Å².